The summed E-state index contributed by atoms with van der Waals surface area (Å²) in [6.45, 7) is 2.17. The van der Waals surface area contributed by atoms with Crippen LogP contribution < -0.4 is 0 Å². The molecule has 0 bridgehead atoms. The summed E-state index contributed by atoms with van der Waals surface area (Å²) >= 11 is 0. The molecular formula is C12H20O3Si. The van der Waals surface area contributed by atoms with E-state index in [1.807, 2.05) is 5.70 Å². The molecule has 0 amide bonds. The highest BCUT2D eigenvalue weighted by Crippen LogP contribution is 2.29. The van der Waals surface area contributed by atoms with Crippen LogP contribution in [0.5, 0.6) is 0 Å². The van der Waals surface area contributed by atoms with E-state index in [0.29, 0.717) is 0 Å². The molecule has 16 heavy (non-hydrogen) atoms. The second-order valence-corrected chi connectivity index (χ2v) is 6.81. The summed E-state index contributed by atoms with van der Waals surface area (Å²) in [4.78, 5) is 0. The van der Waals surface area contributed by atoms with Gasteiger partial charge in [-0.05, 0) is 12.1 Å². The molecule has 0 saturated carbocycles. The predicted octanol–water partition coefficient (Wildman–Crippen LogP) is 2.48. The fourth-order valence-corrected chi connectivity index (χ4v) is 3.11. The van der Waals surface area contributed by atoms with Crippen molar-refractivity contribution in [1.82, 2.24) is 0 Å². The molecule has 0 saturated heterocycles. The van der Waals surface area contributed by atoms with Crippen molar-refractivity contribution in [2.24, 2.45) is 5.41 Å². The summed E-state index contributed by atoms with van der Waals surface area (Å²) in [6, 6.07) is 0. The monoisotopic (exact) mass is 240 g/mol. The van der Waals surface area contributed by atoms with Crippen molar-refractivity contribution < 1.29 is 13.3 Å². The van der Waals surface area contributed by atoms with Gasteiger partial charge >= 0.3 is 8.80 Å². The molecule has 90 valence electrons. The van der Waals surface area contributed by atoms with E-state index < -0.39 is 8.80 Å². The number of rotatable bonds is 5. The molecular weight excluding hydrogens is 220 g/mol. The Bertz CT molecular complexity index is 297. The molecule has 0 aromatic heterocycles. The summed E-state index contributed by atoms with van der Waals surface area (Å²) < 4.78 is 16.0. The smallest absolute Gasteiger partial charge is 0.374 e. The molecule has 0 heterocycles. The topological polar surface area (TPSA) is 27.7 Å². The van der Waals surface area contributed by atoms with Crippen molar-refractivity contribution in [3.63, 3.8) is 0 Å². The molecule has 1 unspecified atom stereocenters. The highest BCUT2D eigenvalue weighted by Gasteiger charge is 2.35. The minimum Gasteiger partial charge on any atom is -0.374 e. The zero-order chi connectivity index (χ0) is 12.1. The van der Waals surface area contributed by atoms with Crippen LogP contribution in [0.3, 0.4) is 0 Å². The summed E-state index contributed by atoms with van der Waals surface area (Å²) in [6.07, 6.45) is 11.5. The van der Waals surface area contributed by atoms with Crippen molar-refractivity contribution in [3.05, 3.63) is 36.1 Å². The van der Waals surface area contributed by atoms with Crippen LogP contribution in [0.15, 0.2) is 36.1 Å². The SMILES string of the molecule is CO[Si](C=CC1(C)C=CC=CC1)(OC)OC. The highest BCUT2D eigenvalue weighted by molar-refractivity contribution is 6.66. The van der Waals surface area contributed by atoms with E-state index in [1.54, 1.807) is 21.3 Å². The van der Waals surface area contributed by atoms with Crippen LogP contribution in [-0.4, -0.2) is 30.1 Å². The van der Waals surface area contributed by atoms with E-state index in [1.165, 1.54) is 0 Å². The summed E-state index contributed by atoms with van der Waals surface area (Å²) in [5, 5.41) is 0. The highest BCUT2D eigenvalue weighted by atomic mass is 28.4. The normalized spacial score (nSPS) is 25.5. The molecule has 1 aliphatic rings. The first-order valence-corrected chi connectivity index (χ1v) is 7.10. The fraction of sp³-hybridized carbons (Fsp3) is 0.500. The van der Waals surface area contributed by atoms with E-state index in [9.17, 15) is 0 Å². The fourth-order valence-electron chi connectivity index (χ4n) is 1.61. The van der Waals surface area contributed by atoms with Crippen molar-refractivity contribution in [3.8, 4) is 0 Å². The summed E-state index contributed by atoms with van der Waals surface area (Å²) in [5.74, 6) is 0. The van der Waals surface area contributed by atoms with Gasteiger partial charge in [0.2, 0.25) is 0 Å². The molecule has 3 nitrogen and oxygen atoms in total. The maximum absolute atomic E-state index is 5.34. The van der Waals surface area contributed by atoms with Gasteiger partial charge in [0, 0.05) is 26.7 Å². The van der Waals surface area contributed by atoms with E-state index >= 15 is 0 Å². The van der Waals surface area contributed by atoms with E-state index in [4.69, 9.17) is 13.3 Å². The van der Waals surface area contributed by atoms with Gasteiger partial charge in [-0.2, -0.15) is 0 Å². The van der Waals surface area contributed by atoms with Gasteiger partial charge < -0.3 is 13.3 Å². The predicted molar refractivity (Wildman–Crippen MR) is 66.9 cm³/mol. The Morgan fingerprint density at radius 3 is 2.19 bits per heavy atom. The lowest BCUT2D eigenvalue weighted by molar-refractivity contribution is 0.138. The average Bonchev–Trinajstić information content (AvgIpc) is 2.33. The summed E-state index contributed by atoms with van der Waals surface area (Å²) in [7, 11) is 2.25. The van der Waals surface area contributed by atoms with Gasteiger partial charge in [-0.1, -0.05) is 37.3 Å². The first kappa shape index (κ1) is 13.4. The molecule has 0 spiro atoms. The van der Waals surface area contributed by atoms with Crippen molar-refractivity contribution in [1.29, 1.82) is 0 Å². The Hall–Kier alpha value is -0.683. The minimum atomic E-state index is -2.59. The Kier molecular flexibility index (Phi) is 4.67. The second-order valence-electron chi connectivity index (χ2n) is 4.05. The largest absolute Gasteiger partial charge is 0.528 e. The number of hydrogen-bond donors (Lipinski definition) is 0. The third-order valence-corrected chi connectivity index (χ3v) is 5.09. The first-order chi connectivity index (χ1) is 7.60. The van der Waals surface area contributed by atoms with Crippen molar-refractivity contribution in [2.75, 3.05) is 21.3 Å². The van der Waals surface area contributed by atoms with Crippen LogP contribution in [0.4, 0.5) is 0 Å². The molecule has 0 N–H and O–H groups in total. The van der Waals surface area contributed by atoms with Gasteiger partial charge in [0.1, 0.15) is 0 Å². The third-order valence-electron chi connectivity index (χ3n) is 2.80. The second kappa shape index (κ2) is 5.59. The van der Waals surface area contributed by atoms with Gasteiger partial charge in [0.25, 0.3) is 0 Å². The minimum absolute atomic E-state index is 0.0303. The quantitative estimate of drug-likeness (QED) is 0.691. The molecule has 0 aromatic rings. The zero-order valence-corrected chi connectivity index (χ0v) is 11.4. The van der Waals surface area contributed by atoms with Crippen LogP contribution in [-0.2, 0) is 13.3 Å². The van der Waals surface area contributed by atoms with Gasteiger partial charge in [-0.15, -0.1) is 0 Å². The standard InChI is InChI=1S/C12H20O3Si/c1-12(8-6-5-7-9-12)10-11-16(13-2,14-3)15-4/h5-8,10-11H,9H2,1-4H3. The van der Waals surface area contributed by atoms with E-state index in [0.717, 1.165) is 6.42 Å². The molecule has 0 aromatic carbocycles. The Labute approximate surface area is 98.8 Å². The van der Waals surface area contributed by atoms with Gasteiger partial charge in [-0.25, -0.2) is 0 Å². The molecule has 4 heteroatoms. The lowest BCUT2D eigenvalue weighted by Crippen LogP contribution is -2.41. The average molecular weight is 240 g/mol. The van der Waals surface area contributed by atoms with Crippen LogP contribution in [0.1, 0.15) is 13.3 Å². The molecule has 1 rings (SSSR count). The molecule has 1 aliphatic carbocycles. The Morgan fingerprint density at radius 2 is 1.75 bits per heavy atom. The molecule has 0 fully saturated rings. The van der Waals surface area contributed by atoms with Crippen LogP contribution >= 0.6 is 0 Å². The molecule has 1 atom stereocenters. The maximum atomic E-state index is 5.34. The first-order valence-electron chi connectivity index (χ1n) is 5.30. The van der Waals surface area contributed by atoms with E-state index in [2.05, 4.69) is 37.3 Å². The van der Waals surface area contributed by atoms with Crippen molar-refractivity contribution >= 4 is 8.80 Å². The maximum Gasteiger partial charge on any atom is 0.528 e. The lowest BCUT2D eigenvalue weighted by Gasteiger charge is -2.25. The van der Waals surface area contributed by atoms with Crippen molar-refractivity contribution in [2.45, 2.75) is 13.3 Å². The van der Waals surface area contributed by atoms with Crippen LogP contribution in [0.2, 0.25) is 0 Å². The number of allylic oxidation sites excluding steroid dienone is 5. The van der Waals surface area contributed by atoms with Gasteiger partial charge in [0.05, 0.1) is 0 Å². The lowest BCUT2D eigenvalue weighted by atomic mass is 9.84. The van der Waals surface area contributed by atoms with E-state index in [-0.39, 0.29) is 5.41 Å². The van der Waals surface area contributed by atoms with Gasteiger partial charge in [-0.3, -0.25) is 0 Å². The van der Waals surface area contributed by atoms with Crippen LogP contribution in [0, 0.1) is 5.41 Å². The van der Waals surface area contributed by atoms with Gasteiger partial charge in [0.15, 0.2) is 0 Å². The number of hydrogen-bond acceptors (Lipinski definition) is 3. The Morgan fingerprint density at radius 1 is 1.12 bits per heavy atom. The molecule has 0 radical (unpaired) electrons. The van der Waals surface area contributed by atoms with Crippen LogP contribution in [0.25, 0.3) is 0 Å². The third kappa shape index (κ3) is 3.15. The Balaban J connectivity index is 2.78. The zero-order valence-electron chi connectivity index (χ0n) is 10.4. The summed E-state index contributed by atoms with van der Waals surface area (Å²) in [5.41, 5.74) is 1.97. The molecule has 0 aliphatic heterocycles.